The lowest BCUT2D eigenvalue weighted by atomic mass is 9.90. The van der Waals surface area contributed by atoms with Crippen molar-refractivity contribution < 1.29 is 4.79 Å². The molecule has 0 atom stereocenters. The molecule has 0 amide bonds. The first-order chi connectivity index (χ1) is 7.75. The molecule has 0 unspecified atom stereocenters. The van der Waals surface area contributed by atoms with Gasteiger partial charge in [-0.05, 0) is 23.8 Å². The van der Waals surface area contributed by atoms with E-state index in [1.165, 1.54) is 32.1 Å². The van der Waals surface area contributed by atoms with Gasteiger partial charge in [0.1, 0.15) is 8.07 Å². The van der Waals surface area contributed by atoms with Crippen molar-refractivity contribution in [2.75, 3.05) is 0 Å². The van der Waals surface area contributed by atoms with Crippen LogP contribution in [-0.2, 0) is 4.79 Å². The molecular formula is C15H26OSi. The van der Waals surface area contributed by atoms with Gasteiger partial charge < -0.3 is 0 Å². The van der Waals surface area contributed by atoms with Crippen molar-refractivity contribution in [1.82, 2.24) is 0 Å². The second-order valence-electron chi connectivity index (χ2n) is 6.81. The molecule has 0 bridgehead atoms. The molecule has 96 valence electrons. The maximum atomic E-state index is 12.2. The first kappa shape index (κ1) is 14.5. The van der Waals surface area contributed by atoms with Gasteiger partial charge in [-0.3, -0.25) is 4.79 Å². The van der Waals surface area contributed by atoms with Crippen LogP contribution in [0.15, 0.2) is 0 Å². The third kappa shape index (κ3) is 3.71. The van der Waals surface area contributed by atoms with Crippen LogP contribution in [0.2, 0.25) is 18.1 Å². The molecule has 1 aliphatic rings. The highest BCUT2D eigenvalue weighted by atomic mass is 28.3. The zero-order valence-corrected chi connectivity index (χ0v) is 13.0. The quantitative estimate of drug-likeness (QED) is 0.504. The lowest BCUT2D eigenvalue weighted by molar-refractivity contribution is -0.108. The normalized spacial score (nSPS) is 18.4. The molecule has 0 spiro atoms. The molecule has 17 heavy (non-hydrogen) atoms. The topological polar surface area (TPSA) is 17.1 Å². The van der Waals surface area contributed by atoms with E-state index in [4.69, 9.17) is 0 Å². The van der Waals surface area contributed by atoms with Gasteiger partial charge in [-0.2, -0.15) is 0 Å². The molecule has 0 aromatic heterocycles. The molecule has 1 rings (SSSR count). The fourth-order valence-corrected chi connectivity index (χ4v) is 2.98. The lowest BCUT2D eigenvalue weighted by Gasteiger charge is -2.33. The van der Waals surface area contributed by atoms with E-state index in [0.717, 1.165) is 0 Å². The summed E-state index contributed by atoms with van der Waals surface area (Å²) in [6.45, 7) is 10.8. The minimum absolute atomic E-state index is 0.103. The number of hydrogen-bond donors (Lipinski definition) is 0. The second-order valence-corrected chi connectivity index (χ2v) is 12.0. The molecule has 2 heteroatoms. The fourth-order valence-electron chi connectivity index (χ4n) is 1.91. The Morgan fingerprint density at radius 2 is 1.65 bits per heavy atom. The summed E-state index contributed by atoms with van der Waals surface area (Å²) in [5.74, 6) is 6.69. The molecule has 0 heterocycles. The standard InChI is InChI=1S/C15H26OSi/c1-15(2,3)17(4,5)14(16)12-11-13-9-7-6-8-10-13/h13H,6-10H2,1-5H3. The summed E-state index contributed by atoms with van der Waals surface area (Å²) in [6, 6.07) is 0. The molecule has 0 aromatic carbocycles. The zero-order chi connectivity index (χ0) is 13.1. The van der Waals surface area contributed by atoms with Crippen molar-refractivity contribution in [1.29, 1.82) is 0 Å². The van der Waals surface area contributed by atoms with Gasteiger partial charge in [0.05, 0.1) is 0 Å². The second kappa shape index (κ2) is 5.39. The number of carbonyl (C=O) groups is 1. The first-order valence-corrected chi connectivity index (χ1v) is 9.81. The van der Waals surface area contributed by atoms with E-state index >= 15 is 0 Å². The lowest BCUT2D eigenvalue weighted by Crippen LogP contribution is -2.45. The summed E-state index contributed by atoms with van der Waals surface area (Å²) in [6.07, 6.45) is 6.30. The van der Waals surface area contributed by atoms with Crippen molar-refractivity contribution in [2.24, 2.45) is 5.92 Å². The molecule has 0 aromatic rings. The van der Waals surface area contributed by atoms with E-state index in [-0.39, 0.29) is 10.4 Å². The van der Waals surface area contributed by atoms with Crippen molar-refractivity contribution in [3.63, 3.8) is 0 Å². The Balaban J connectivity index is 2.68. The molecule has 0 aliphatic heterocycles. The van der Waals surface area contributed by atoms with Crippen LogP contribution in [0.4, 0.5) is 0 Å². The minimum Gasteiger partial charge on any atom is -0.291 e. The Morgan fingerprint density at radius 1 is 1.12 bits per heavy atom. The molecule has 0 N–H and O–H groups in total. The number of hydrogen-bond acceptors (Lipinski definition) is 1. The van der Waals surface area contributed by atoms with Gasteiger partial charge in [0.15, 0.2) is 5.41 Å². The molecule has 1 saturated carbocycles. The average Bonchev–Trinajstić information content (AvgIpc) is 2.25. The van der Waals surface area contributed by atoms with Crippen LogP contribution < -0.4 is 0 Å². The predicted molar refractivity (Wildman–Crippen MR) is 76.6 cm³/mol. The van der Waals surface area contributed by atoms with Crippen molar-refractivity contribution in [3.8, 4) is 11.8 Å². The van der Waals surface area contributed by atoms with Gasteiger partial charge in [0, 0.05) is 5.92 Å². The van der Waals surface area contributed by atoms with E-state index in [0.29, 0.717) is 5.92 Å². The summed E-state index contributed by atoms with van der Waals surface area (Å²) in [7, 11) is -1.91. The predicted octanol–water partition coefficient (Wildman–Crippen LogP) is 4.19. The Kier molecular flexibility index (Phi) is 4.60. The van der Waals surface area contributed by atoms with Crippen LogP contribution in [0, 0.1) is 17.8 Å². The minimum atomic E-state index is -1.91. The summed E-state index contributed by atoms with van der Waals surface area (Å²) in [4.78, 5) is 12.2. The Hall–Kier alpha value is -0.553. The van der Waals surface area contributed by atoms with Crippen LogP contribution in [0.5, 0.6) is 0 Å². The van der Waals surface area contributed by atoms with Crippen LogP contribution in [0.25, 0.3) is 0 Å². The van der Waals surface area contributed by atoms with Crippen LogP contribution in [0.1, 0.15) is 52.9 Å². The Morgan fingerprint density at radius 3 is 2.12 bits per heavy atom. The molecule has 0 saturated heterocycles. The van der Waals surface area contributed by atoms with Gasteiger partial charge >= 0.3 is 0 Å². The molecule has 0 radical (unpaired) electrons. The Bertz CT molecular complexity index is 332. The highest BCUT2D eigenvalue weighted by molar-refractivity contribution is 7.08. The molecular weight excluding hydrogens is 224 g/mol. The van der Waals surface area contributed by atoms with E-state index in [1.54, 1.807) is 0 Å². The summed E-state index contributed by atoms with van der Waals surface area (Å²) in [5, 5.41) is 0.335. The number of carbonyl (C=O) groups excluding carboxylic acids is 1. The van der Waals surface area contributed by atoms with Crippen LogP contribution >= 0.6 is 0 Å². The van der Waals surface area contributed by atoms with Gasteiger partial charge in [-0.15, -0.1) is 0 Å². The van der Waals surface area contributed by atoms with E-state index in [2.05, 4.69) is 45.7 Å². The maximum Gasteiger partial charge on any atom is 0.180 e. The zero-order valence-electron chi connectivity index (χ0n) is 12.0. The van der Waals surface area contributed by atoms with Gasteiger partial charge in [0.2, 0.25) is 0 Å². The summed E-state index contributed by atoms with van der Waals surface area (Å²) >= 11 is 0. The van der Waals surface area contributed by atoms with Crippen LogP contribution in [0.3, 0.4) is 0 Å². The van der Waals surface area contributed by atoms with Gasteiger partial charge in [0.25, 0.3) is 0 Å². The van der Waals surface area contributed by atoms with Crippen molar-refractivity contribution in [3.05, 3.63) is 0 Å². The monoisotopic (exact) mass is 250 g/mol. The van der Waals surface area contributed by atoms with Gasteiger partial charge in [-0.1, -0.05) is 59.0 Å². The van der Waals surface area contributed by atoms with Gasteiger partial charge in [-0.25, -0.2) is 0 Å². The van der Waals surface area contributed by atoms with Crippen LogP contribution in [-0.4, -0.2) is 13.5 Å². The fraction of sp³-hybridized carbons (Fsp3) is 0.800. The summed E-state index contributed by atoms with van der Waals surface area (Å²) in [5.41, 5.74) is 0. The largest absolute Gasteiger partial charge is 0.291 e. The van der Waals surface area contributed by atoms with Crippen molar-refractivity contribution >= 4 is 13.5 Å². The van der Waals surface area contributed by atoms with Crippen molar-refractivity contribution in [2.45, 2.75) is 71.0 Å². The third-order valence-corrected chi connectivity index (χ3v) is 9.45. The number of rotatable bonds is 1. The first-order valence-electron chi connectivity index (χ1n) is 6.81. The summed E-state index contributed by atoms with van der Waals surface area (Å²) < 4.78 is 0. The molecule has 1 aliphatic carbocycles. The molecule has 1 fully saturated rings. The maximum absolute atomic E-state index is 12.2. The molecule has 1 nitrogen and oxygen atoms in total. The van der Waals surface area contributed by atoms with E-state index in [9.17, 15) is 4.79 Å². The highest BCUT2D eigenvalue weighted by Gasteiger charge is 2.41. The SMILES string of the molecule is CC(C)(C)[Si](C)(C)C(=O)C#CC1CCCCC1. The Labute approximate surface area is 107 Å². The van der Waals surface area contributed by atoms with E-state index in [1.807, 2.05) is 0 Å². The van der Waals surface area contributed by atoms with E-state index < -0.39 is 8.07 Å². The average molecular weight is 250 g/mol. The third-order valence-electron chi connectivity index (χ3n) is 4.44. The highest BCUT2D eigenvalue weighted by Crippen LogP contribution is 2.36. The smallest absolute Gasteiger partial charge is 0.180 e.